The molecule has 122 valence electrons. The highest BCUT2D eigenvalue weighted by molar-refractivity contribution is 7.89. The van der Waals surface area contributed by atoms with E-state index in [2.05, 4.69) is 30.8 Å². The topological polar surface area (TPSA) is 58.2 Å². The minimum Gasteiger partial charge on any atom is -0.310 e. The van der Waals surface area contributed by atoms with Gasteiger partial charge in [-0.15, -0.1) is 11.3 Å². The summed E-state index contributed by atoms with van der Waals surface area (Å²) in [4.78, 5) is 2.35. The van der Waals surface area contributed by atoms with Gasteiger partial charge >= 0.3 is 0 Å². The minimum absolute atomic E-state index is 0.0246. The Labute approximate surface area is 133 Å². The second-order valence-electron chi connectivity index (χ2n) is 5.68. The van der Waals surface area contributed by atoms with Gasteiger partial charge in [0.15, 0.2) is 0 Å². The Morgan fingerprint density at radius 3 is 2.48 bits per heavy atom. The van der Waals surface area contributed by atoms with E-state index in [1.54, 1.807) is 17.4 Å². The monoisotopic (exact) mass is 332 g/mol. The lowest BCUT2D eigenvalue weighted by molar-refractivity contribution is 0.512. The van der Waals surface area contributed by atoms with Crippen molar-refractivity contribution in [3.05, 3.63) is 15.8 Å². The Bertz CT molecular complexity index is 536. The van der Waals surface area contributed by atoms with Gasteiger partial charge in [0.1, 0.15) is 0 Å². The second-order valence-corrected chi connectivity index (χ2v) is 8.71. The Morgan fingerprint density at radius 2 is 1.95 bits per heavy atom. The van der Waals surface area contributed by atoms with Crippen LogP contribution in [0.25, 0.3) is 0 Å². The molecule has 1 aromatic rings. The maximum atomic E-state index is 12.5. The van der Waals surface area contributed by atoms with Gasteiger partial charge in [-0.2, -0.15) is 0 Å². The molecule has 0 saturated heterocycles. The number of nitrogens with one attached hydrogen (secondary N) is 2. The SMILES string of the molecule is CCCC(CC)NS(=O)(=O)c1cc(CNC(C)C)sc1C. The molecule has 0 aromatic carbocycles. The zero-order valence-corrected chi connectivity index (χ0v) is 15.3. The molecule has 2 N–H and O–H groups in total. The molecule has 1 atom stereocenters. The van der Waals surface area contributed by atoms with Gasteiger partial charge in [0.25, 0.3) is 0 Å². The van der Waals surface area contributed by atoms with Gasteiger partial charge in [-0.25, -0.2) is 13.1 Å². The van der Waals surface area contributed by atoms with E-state index in [-0.39, 0.29) is 6.04 Å². The standard InChI is InChI=1S/C15H28N2O2S2/c1-6-8-13(7-2)17-21(18,19)15-9-14(20-12(15)5)10-16-11(3)4/h9,11,13,16-17H,6-8,10H2,1-5H3. The molecule has 0 fully saturated rings. The quantitative estimate of drug-likeness (QED) is 0.728. The van der Waals surface area contributed by atoms with Crippen LogP contribution in [0, 0.1) is 6.92 Å². The summed E-state index contributed by atoms with van der Waals surface area (Å²) in [5.74, 6) is 0. The van der Waals surface area contributed by atoms with E-state index < -0.39 is 10.0 Å². The van der Waals surface area contributed by atoms with Crippen LogP contribution < -0.4 is 10.0 Å². The molecule has 1 aromatic heterocycles. The molecule has 21 heavy (non-hydrogen) atoms. The zero-order valence-electron chi connectivity index (χ0n) is 13.7. The molecule has 0 radical (unpaired) electrons. The summed E-state index contributed by atoms with van der Waals surface area (Å²) < 4.78 is 27.9. The van der Waals surface area contributed by atoms with Gasteiger partial charge in [0.05, 0.1) is 4.90 Å². The van der Waals surface area contributed by atoms with Crippen LogP contribution in [0.15, 0.2) is 11.0 Å². The zero-order chi connectivity index (χ0) is 16.0. The Balaban J connectivity index is 2.87. The summed E-state index contributed by atoms with van der Waals surface area (Å²) >= 11 is 1.55. The number of sulfonamides is 1. The van der Waals surface area contributed by atoms with Crippen molar-refractivity contribution in [2.24, 2.45) is 0 Å². The van der Waals surface area contributed by atoms with Gasteiger partial charge in [-0.1, -0.05) is 34.1 Å². The van der Waals surface area contributed by atoms with Gasteiger partial charge in [-0.05, 0) is 25.8 Å². The van der Waals surface area contributed by atoms with Crippen LogP contribution in [0.2, 0.25) is 0 Å². The molecule has 0 aliphatic carbocycles. The number of aryl methyl sites for hydroxylation is 1. The first-order valence-corrected chi connectivity index (χ1v) is 9.95. The lowest BCUT2D eigenvalue weighted by atomic mass is 10.1. The van der Waals surface area contributed by atoms with Crippen LogP contribution in [0.3, 0.4) is 0 Å². The predicted molar refractivity (Wildman–Crippen MR) is 90.3 cm³/mol. The van der Waals surface area contributed by atoms with Gasteiger partial charge < -0.3 is 5.32 Å². The maximum Gasteiger partial charge on any atom is 0.241 e. The van der Waals surface area contributed by atoms with Crippen LogP contribution in [0.5, 0.6) is 0 Å². The van der Waals surface area contributed by atoms with E-state index in [0.29, 0.717) is 17.5 Å². The molecule has 0 aliphatic rings. The van der Waals surface area contributed by atoms with E-state index in [4.69, 9.17) is 0 Å². The van der Waals surface area contributed by atoms with Crippen molar-refractivity contribution in [3.63, 3.8) is 0 Å². The molecule has 1 heterocycles. The fourth-order valence-electron chi connectivity index (χ4n) is 2.16. The van der Waals surface area contributed by atoms with E-state index in [0.717, 1.165) is 29.0 Å². The summed E-state index contributed by atoms with van der Waals surface area (Å²) in [7, 11) is -3.41. The molecule has 0 bridgehead atoms. The highest BCUT2D eigenvalue weighted by Crippen LogP contribution is 2.26. The fraction of sp³-hybridized carbons (Fsp3) is 0.733. The molecular weight excluding hydrogens is 304 g/mol. The molecule has 4 nitrogen and oxygen atoms in total. The Kier molecular flexibility index (Phi) is 7.33. The molecule has 1 unspecified atom stereocenters. The largest absolute Gasteiger partial charge is 0.310 e. The number of rotatable bonds is 9. The van der Waals surface area contributed by atoms with E-state index in [1.165, 1.54) is 0 Å². The van der Waals surface area contributed by atoms with Crippen molar-refractivity contribution < 1.29 is 8.42 Å². The second kappa shape index (κ2) is 8.27. The molecule has 0 spiro atoms. The first-order valence-electron chi connectivity index (χ1n) is 7.65. The van der Waals surface area contributed by atoms with E-state index in [9.17, 15) is 8.42 Å². The Hall–Kier alpha value is -0.430. The molecule has 0 saturated carbocycles. The normalized spacial score (nSPS) is 13.8. The van der Waals surface area contributed by atoms with Crippen LogP contribution >= 0.6 is 11.3 Å². The van der Waals surface area contributed by atoms with Crippen molar-refractivity contribution in [2.75, 3.05) is 0 Å². The number of hydrogen-bond acceptors (Lipinski definition) is 4. The van der Waals surface area contributed by atoms with Crippen LogP contribution in [0.1, 0.15) is 56.7 Å². The average Bonchev–Trinajstić information content (AvgIpc) is 2.77. The smallest absolute Gasteiger partial charge is 0.241 e. The highest BCUT2D eigenvalue weighted by Gasteiger charge is 2.22. The first kappa shape index (κ1) is 18.6. The van der Waals surface area contributed by atoms with Crippen molar-refractivity contribution >= 4 is 21.4 Å². The van der Waals surface area contributed by atoms with Crippen LogP contribution in [-0.2, 0) is 16.6 Å². The molecular formula is C15H28N2O2S2. The van der Waals surface area contributed by atoms with Crippen molar-refractivity contribution in [2.45, 2.75) is 77.4 Å². The van der Waals surface area contributed by atoms with Gasteiger partial charge in [0, 0.05) is 28.4 Å². The molecule has 6 heteroatoms. The molecule has 1 rings (SSSR count). The van der Waals surface area contributed by atoms with Gasteiger partial charge in [0.2, 0.25) is 10.0 Å². The number of thiophene rings is 1. The highest BCUT2D eigenvalue weighted by atomic mass is 32.2. The summed E-state index contributed by atoms with van der Waals surface area (Å²) in [6.07, 6.45) is 2.67. The third kappa shape index (κ3) is 5.70. The molecule has 0 amide bonds. The summed E-state index contributed by atoms with van der Waals surface area (Å²) in [5.41, 5.74) is 0. The van der Waals surface area contributed by atoms with E-state index >= 15 is 0 Å². The number of hydrogen-bond donors (Lipinski definition) is 2. The Morgan fingerprint density at radius 1 is 1.29 bits per heavy atom. The first-order chi connectivity index (χ1) is 9.80. The summed E-state index contributed by atoms with van der Waals surface area (Å²) in [6, 6.07) is 2.22. The molecule has 0 aliphatic heterocycles. The van der Waals surface area contributed by atoms with Gasteiger partial charge in [-0.3, -0.25) is 0 Å². The maximum absolute atomic E-state index is 12.5. The van der Waals surface area contributed by atoms with Crippen molar-refractivity contribution in [3.8, 4) is 0 Å². The lowest BCUT2D eigenvalue weighted by Gasteiger charge is -2.16. The van der Waals surface area contributed by atoms with E-state index in [1.807, 2.05) is 13.8 Å². The minimum atomic E-state index is -3.41. The van der Waals surface area contributed by atoms with Crippen molar-refractivity contribution in [1.82, 2.24) is 10.0 Å². The third-order valence-corrected chi connectivity index (χ3v) is 6.18. The van der Waals surface area contributed by atoms with Crippen LogP contribution in [0.4, 0.5) is 0 Å². The average molecular weight is 333 g/mol. The third-order valence-electron chi connectivity index (χ3n) is 3.35. The summed E-state index contributed by atoms with van der Waals surface area (Å²) in [5, 5.41) is 3.32. The van der Waals surface area contributed by atoms with Crippen LogP contribution in [-0.4, -0.2) is 20.5 Å². The van der Waals surface area contributed by atoms with Crippen molar-refractivity contribution in [1.29, 1.82) is 0 Å². The fourth-order valence-corrected chi connectivity index (χ4v) is 5.10. The predicted octanol–water partition coefficient (Wildman–Crippen LogP) is 3.41. The lowest BCUT2D eigenvalue weighted by Crippen LogP contribution is -2.34. The summed E-state index contributed by atoms with van der Waals surface area (Å²) in [6.45, 7) is 10.8.